The van der Waals surface area contributed by atoms with Gasteiger partial charge in [-0.1, -0.05) is 30.3 Å². The third kappa shape index (κ3) is 3.68. The van der Waals surface area contributed by atoms with Crippen LogP contribution in [0.5, 0.6) is 0 Å². The van der Waals surface area contributed by atoms with Crippen LogP contribution in [0.1, 0.15) is 32.3 Å². The number of piperazine rings is 1. The summed E-state index contributed by atoms with van der Waals surface area (Å²) < 4.78 is 0. The van der Waals surface area contributed by atoms with E-state index in [1.165, 1.54) is 12.8 Å². The van der Waals surface area contributed by atoms with E-state index in [-0.39, 0.29) is 5.91 Å². The summed E-state index contributed by atoms with van der Waals surface area (Å²) in [7, 11) is 0. The third-order valence-electron chi connectivity index (χ3n) is 5.99. The average Bonchev–Trinajstić information content (AvgIpc) is 3.29. The van der Waals surface area contributed by atoms with Crippen LogP contribution >= 0.6 is 0 Å². The molecule has 2 fully saturated rings. The van der Waals surface area contributed by atoms with Crippen molar-refractivity contribution in [1.82, 2.24) is 14.9 Å². The summed E-state index contributed by atoms with van der Waals surface area (Å²) in [4.78, 5) is 28.7. The summed E-state index contributed by atoms with van der Waals surface area (Å²) in [6.45, 7) is 9.23. The van der Waals surface area contributed by atoms with E-state index in [9.17, 15) is 4.79 Å². The maximum absolute atomic E-state index is 13.2. The molecule has 2 aromatic rings. The van der Waals surface area contributed by atoms with E-state index in [0.717, 1.165) is 56.5 Å². The number of anilines is 2. The SMILES string of the molecule is CC(C)(C(=O)N1CCN(c2cc(N3CCCC3)ncn2)CC1)c1ccccc1. The van der Waals surface area contributed by atoms with Gasteiger partial charge in [0.15, 0.2) is 0 Å². The topological polar surface area (TPSA) is 52.6 Å². The maximum atomic E-state index is 13.2. The number of carbonyl (C=O) groups excluding carboxylic acids is 1. The molecular formula is C22H29N5O. The van der Waals surface area contributed by atoms with Crippen molar-refractivity contribution in [2.24, 2.45) is 0 Å². The van der Waals surface area contributed by atoms with E-state index < -0.39 is 5.41 Å². The Morgan fingerprint density at radius 1 is 0.857 bits per heavy atom. The Hall–Kier alpha value is -2.63. The van der Waals surface area contributed by atoms with Crippen molar-refractivity contribution in [2.75, 3.05) is 49.1 Å². The largest absolute Gasteiger partial charge is 0.356 e. The molecule has 28 heavy (non-hydrogen) atoms. The molecule has 0 bridgehead atoms. The predicted octanol–water partition coefficient (Wildman–Crippen LogP) is 2.70. The highest BCUT2D eigenvalue weighted by Crippen LogP contribution is 2.27. The number of hydrogen-bond donors (Lipinski definition) is 0. The summed E-state index contributed by atoms with van der Waals surface area (Å²) in [5.74, 6) is 2.18. The Labute approximate surface area is 167 Å². The highest BCUT2D eigenvalue weighted by molar-refractivity contribution is 5.87. The van der Waals surface area contributed by atoms with Crippen LogP contribution in [-0.4, -0.2) is 60.0 Å². The van der Waals surface area contributed by atoms with Crippen molar-refractivity contribution >= 4 is 17.5 Å². The Morgan fingerprint density at radius 3 is 2.04 bits per heavy atom. The molecule has 0 unspecified atom stereocenters. The third-order valence-corrected chi connectivity index (χ3v) is 5.99. The Balaban J connectivity index is 1.41. The molecule has 0 aliphatic carbocycles. The van der Waals surface area contributed by atoms with Crippen molar-refractivity contribution in [3.05, 3.63) is 48.3 Å². The fraction of sp³-hybridized carbons (Fsp3) is 0.500. The summed E-state index contributed by atoms with van der Waals surface area (Å²) in [6.07, 6.45) is 4.13. The van der Waals surface area contributed by atoms with E-state index in [1.807, 2.05) is 49.1 Å². The lowest BCUT2D eigenvalue weighted by molar-refractivity contribution is -0.136. The highest BCUT2D eigenvalue weighted by atomic mass is 16.2. The minimum absolute atomic E-state index is 0.193. The van der Waals surface area contributed by atoms with Gasteiger partial charge >= 0.3 is 0 Å². The standard InChI is InChI=1S/C22H29N5O/c1-22(2,18-8-4-3-5-9-18)21(28)27-14-12-26(13-15-27)20-16-19(23-17-24-20)25-10-6-7-11-25/h3-5,8-9,16-17H,6-7,10-15H2,1-2H3. The first kappa shape index (κ1) is 18.7. The van der Waals surface area contributed by atoms with Crippen LogP contribution in [0, 0.1) is 0 Å². The number of aromatic nitrogens is 2. The van der Waals surface area contributed by atoms with Crippen LogP contribution in [0.4, 0.5) is 11.6 Å². The van der Waals surface area contributed by atoms with Crippen molar-refractivity contribution < 1.29 is 4.79 Å². The molecule has 2 saturated heterocycles. The monoisotopic (exact) mass is 379 g/mol. The van der Waals surface area contributed by atoms with Gasteiger partial charge in [-0.15, -0.1) is 0 Å². The minimum Gasteiger partial charge on any atom is -0.356 e. The molecule has 2 aliphatic rings. The number of nitrogens with zero attached hydrogens (tertiary/aromatic N) is 5. The van der Waals surface area contributed by atoms with Gasteiger partial charge in [-0.3, -0.25) is 4.79 Å². The van der Waals surface area contributed by atoms with Gasteiger partial charge in [0, 0.05) is 45.3 Å². The summed E-state index contributed by atoms with van der Waals surface area (Å²) in [5.41, 5.74) is 0.551. The first-order valence-corrected chi connectivity index (χ1v) is 10.2. The molecule has 1 aromatic carbocycles. The second kappa shape index (κ2) is 7.78. The van der Waals surface area contributed by atoms with E-state index in [1.54, 1.807) is 6.33 Å². The lowest BCUT2D eigenvalue weighted by Gasteiger charge is -2.39. The van der Waals surface area contributed by atoms with Crippen LogP contribution in [0.2, 0.25) is 0 Å². The molecule has 0 atom stereocenters. The summed E-state index contributed by atoms with van der Waals surface area (Å²) in [6, 6.07) is 12.1. The van der Waals surface area contributed by atoms with Gasteiger partial charge in [-0.05, 0) is 32.3 Å². The van der Waals surface area contributed by atoms with Crippen LogP contribution < -0.4 is 9.80 Å². The lowest BCUT2D eigenvalue weighted by atomic mass is 9.83. The molecule has 1 aromatic heterocycles. The van der Waals surface area contributed by atoms with Crippen molar-refractivity contribution in [3.63, 3.8) is 0 Å². The van der Waals surface area contributed by atoms with Crippen LogP contribution in [0.25, 0.3) is 0 Å². The van der Waals surface area contributed by atoms with Crippen LogP contribution in [0.3, 0.4) is 0 Å². The molecule has 0 N–H and O–H groups in total. The van der Waals surface area contributed by atoms with Gasteiger partial charge in [0.2, 0.25) is 5.91 Å². The van der Waals surface area contributed by atoms with Crippen LogP contribution in [0.15, 0.2) is 42.7 Å². The van der Waals surface area contributed by atoms with Gasteiger partial charge in [-0.25, -0.2) is 9.97 Å². The Bertz CT molecular complexity index is 809. The Morgan fingerprint density at radius 2 is 1.43 bits per heavy atom. The fourth-order valence-electron chi connectivity index (χ4n) is 4.14. The van der Waals surface area contributed by atoms with Crippen molar-refractivity contribution in [1.29, 1.82) is 0 Å². The minimum atomic E-state index is -0.513. The van der Waals surface area contributed by atoms with E-state index in [0.29, 0.717) is 0 Å². The van der Waals surface area contributed by atoms with E-state index >= 15 is 0 Å². The molecule has 4 rings (SSSR count). The highest BCUT2D eigenvalue weighted by Gasteiger charge is 2.35. The first-order chi connectivity index (χ1) is 13.6. The molecule has 0 spiro atoms. The van der Waals surface area contributed by atoms with Gasteiger partial charge < -0.3 is 14.7 Å². The second-order valence-corrected chi connectivity index (χ2v) is 8.20. The molecule has 0 radical (unpaired) electrons. The predicted molar refractivity (Wildman–Crippen MR) is 112 cm³/mol. The lowest BCUT2D eigenvalue weighted by Crippen LogP contribution is -2.53. The number of benzene rings is 1. The van der Waals surface area contributed by atoms with E-state index in [4.69, 9.17) is 0 Å². The molecule has 2 aliphatic heterocycles. The molecule has 6 heteroatoms. The molecule has 1 amide bonds. The van der Waals surface area contributed by atoms with Crippen molar-refractivity contribution in [3.8, 4) is 0 Å². The Kier molecular flexibility index (Phi) is 5.20. The van der Waals surface area contributed by atoms with Gasteiger partial charge in [-0.2, -0.15) is 0 Å². The second-order valence-electron chi connectivity index (χ2n) is 8.20. The maximum Gasteiger partial charge on any atom is 0.232 e. The zero-order valence-corrected chi connectivity index (χ0v) is 16.8. The molecule has 148 valence electrons. The zero-order valence-electron chi connectivity index (χ0n) is 16.8. The fourth-order valence-corrected chi connectivity index (χ4v) is 4.14. The van der Waals surface area contributed by atoms with Gasteiger partial charge in [0.25, 0.3) is 0 Å². The van der Waals surface area contributed by atoms with E-state index in [2.05, 4.69) is 25.8 Å². The molecule has 6 nitrogen and oxygen atoms in total. The number of hydrogen-bond acceptors (Lipinski definition) is 5. The number of rotatable bonds is 4. The quantitative estimate of drug-likeness (QED) is 0.818. The average molecular weight is 380 g/mol. The molecular weight excluding hydrogens is 350 g/mol. The number of amides is 1. The number of carbonyl (C=O) groups is 1. The zero-order chi connectivity index (χ0) is 19.6. The van der Waals surface area contributed by atoms with Gasteiger partial charge in [0.05, 0.1) is 5.41 Å². The van der Waals surface area contributed by atoms with Crippen molar-refractivity contribution in [2.45, 2.75) is 32.1 Å². The molecule has 0 saturated carbocycles. The smallest absolute Gasteiger partial charge is 0.232 e. The summed E-state index contributed by atoms with van der Waals surface area (Å²) >= 11 is 0. The van der Waals surface area contributed by atoms with Gasteiger partial charge in [0.1, 0.15) is 18.0 Å². The van der Waals surface area contributed by atoms with Crippen LogP contribution in [-0.2, 0) is 10.2 Å². The summed E-state index contributed by atoms with van der Waals surface area (Å²) in [5, 5.41) is 0. The molecule has 3 heterocycles. The normalized spacial score (nSPS) is 17.9. The first-order valence-electron chi connectivity index (χ1n) is 10.2.